The molecule has 0 bridgehead atoms. The fourth-order valence-electron chi connectivity index (χ4n) is 1.03. The second-order valence-corrected chi connectivity index (χ2v) is 5.03. The Morgan fingerprint density at radius 2 is 1.87 bits per heavy atom. The highest BCUT2D eigenvalue weighted by Crippen LogP contribution is 2.10. The van der Waals surface area contributed by atoms with Crippen LogP contribution < -0.4 is 5.48 Å². The summed E-state index contributed by atoms with van der Waals surface area (Å²) in [5.74, 6) is -1.03. The number of hydroxylamine groups is 1. The molecular formula is C9H11NO4S. The van der Waals surface area contributed by atoms with E-state index < -0.39 is 15.7 Å². The number of nitrogens with one attached hydrogen (secondary N) is 1. The molecule has 0 spiro atoms. The van der Waals surface area contributed by atoms with Crippen molar-refractivity contribution in [3.05, 3.63) is 30.3 Å². The van der Waals surface area contributed by atoms with E-state index in [4.69, 9.17) is 5.21 Å². The van der Waals surface area contributed by atoms with E-state index in [0.29, 0.717) is 0 Å². The highest BCUT2D eigenvalue weighted by atomic mass is 32.2. The molecule has 6 heteroatoms. The summed E-state index contributed by atoms with van der Waals surface area (Å²) in [4.78, 5) is 10.8. The lowest BCUT2D eigenvalue weighted by molar-refractivity contribution is -0.128. The maximum atomic E-state index is 11.6. The SMILES string of the molecule is O=C(CCS(=O)(=O)c1ccccc1)NO. The molecule has 1 aromatic carbocycles. The number of amides is 1. The van der Waals surface area contributed by atoms with Gasteiger partial charge in [0.25, 0.3) is 0 Å². The van der Waals surface area contributed by atoms with Crippen LogP contribution in [0.15, 0.2) is 35.2 Å². The van der Waals surface area contributed by atoms with Gasteiger partial charge >= 0.3 is 0 Å². The maximum absolute atomic E-state index is 11.6. The molecule has 0 atom stereocenters. The van der Waals surface area contributed by atoms with Gasteiger partial charge in [0.05, 0.1) is 10.6 Å². The molecule has 0 aliphatic rings. The molecule has 1 aromatic rings. The van der Waals surface area contributed by atoms with Gasteiger partial charge in [-0.15, -0.1) is 0 Å². The van der Waals surface area contributed by atoms with Gasteiger partial charge in [-0.1, -0.05) is 18.2 Å². The molecular weight excluding hydrogens is 218 g/mol. The predicted octanol–water partition coefficient (Wildman–Crippen LogP) is 0.356. The molecule has 0 aliphatic heterocycles. The van der Waals surface area contributed by atoms with Gasteiger partial charge in [-0.25, -0.2) is 13.9 Å². The van der Waals surface area contributed by atoms with Gasteiger partial charge in [-0.05, 0) is 12.1 Å². The zero-order valence-electron chi connectivity index (χ0n) is 7.88. The van der Waals surface area contributed by atoms with Crippen molar-refractivity contribution in [1.29, 1.82) is 0 Å². The summed E-state index contributed by atoms with van der Waals surface area (Å²) in [5.41, 5.74) is 1.39. The largest absolute Gasteiger partial charge is 0.289 e. The Morgan fingerprint density at radius 1 is 1.27 bits per heavy atom. The summed E-state index contributed by atoms with van der Waals surface area (Å²) in [5, 5.41) is 8.21. The van der Waals surface area contributed by atoms with Crippen LogP contribution in [0.5, 0.6) is 0 Å². The van der Waals surface area contributed by atoms with Gasteiger partial charge < -0.3 is 0 Å². The quantitative estimate of drug-likeness (QED) is 0.576. The molecule has 0 unspecified atom stereocenters. The van der Waals surface area contributed by atoms with Crippen LogP contribution in [0.1, 0.15) is 6.42 Å². The fourth-order valence-corrected chi connectivity index (χ4v) is 2.29. The minimum Gasteiger partial charge on any atom is -0.289 e. The molecule has 15 heavy (non-hydrogen) atoms. The summed E-state index contributed by atoms with van der Waals surface area (Å²) in [6.45, 7) is 0. The van der Waals surface area contributed by atoms with E-state index in [1.807, 2.05) is 0 Å². The first-order chi connectivity index (χ1) is 7.06. The third-order valence-electron chi connectivity index (χ3n) is 1.82. The lowest BCUT2D eigenvalue weighted by atomic mass is 10.4. The monoisotopic (exact) mass is 229 g/mol. The Bertz CT molecular complexity index is 427. The molecule has 0 radical (unpaired) electrons. The Labute approximate surface area is 87.6 Å². The number of sulfone groups is 1. The van der Waals surface area contributed by atoms with Crippen LogP contribution in [-0.4, -0.2) is 25.3 Å². The minimum absolute atomic E-state index is 0.177. The number of rotatable bonds is 4. The first-order valence-electron chi connectivity index (χ1n) is 4.27. The molecule has 2 N–H and O–H groups in total. The van der Waals surface area contributed by atoms with E-state index in [2.05, 4.69) is 0 Å². The smallest absolute Gasteiger partial charge is 0.244 e. The maximum Gasteiger partial charge on any atom is 0.244 e. The van der Waals surface area contributed by atoms with Crippen LogP contribution >= 0.6 is 0 Å². The topological polar surface area (TPSA) is 83.5 Å². The average molecular weight is 229 g/mol. The van der Waals surface area contributed by atoms with Crippen LogP contribution in [0.25, 0.3) is 0 Å². The zero-order chi connectivity index (χ0) is 11.3. The Balaban J connectivity index is 2.73. The minimum atomic E-state index is -3.44. The fraction of sp³-hybridized carbons (Fsp3) is 0.222. The van der Waals surface area contributed by atoms with Crippen LogP contribution in [0.2, 0.25) is 0 Å². The Kier molecular flexibility index (Phi) is 3.81. The summed E-state index contributed by atoms with van der Waals surface area (Å²) in [7, 11) is -3.44. The predicted molar refractivity (Wildman–Crippen MR) is 53.0 cm³/mol. The number of carbonyl (C=O) groups excluding carboxylic acids is 1. The molecule has 0 fully saturated rings. The van der Waals surface area contributed by atoms with Crippen molar-refractivity contribution in [2.24, 2.45) is 0 Å². The van der Waals surface area contributed by atoms with Crippen molar-refractivity contribution in [3.8, 4) is 0 Å². The van der Waals surface area contributed by atoms with Gasteiger partial charge in [0.15, 0.2) is 9.84 Å². The molecule has 1 amide bonds. The normalized spacial score (nSPS) is 11.0. The molecule has 0 saturated heterocycles. The van der Waals surface area contributed by atoms with Crippen molar-refractivity contribution in [3.63, 3.8) is 0 Å². The second-order valence-electron chi connectivity index (χ2n) is 2.92. The van der Waals surface area contributed by atoms with E-state index in [1.54, 1.807) is 18.2 Å². The zero-order valence-corrected chi connectivity index (χ0v) is 8.70. The van der Waals surface area contributed by atoms with Gasteiger partial charge in [0.1, 0.15) is 0 Å². The van der Waals surface area contributed by atoms with Gasteiger partial charge in [0, 0.05) is 6.42 Å². The molecule has 0 aliphatic carbocycles. The van der Waals surface area contributed by atoms with Crippen LogP contribution in [-0.2, 0) is 14.6 Å². The number of hydrogen-bond acceptors (Lipinski definition) is 4. The Morgan fingerprint density at radius 3 is 2.40 bits per heavy atom. The van der Waals surface area contributed by atoms with E-state index in [-0.39, 0.29) is 17.1 Å². The molecule has 0 heterocycles. The highest BCUT2D eigenvalue weighted by molar-refractivity contribution is 7.91. The molecule has 5 nitrogen and oxygen atoms in total. The van der Waals surface area contributed by atoms with Crippen molar-refractivity contribution in [2.45, 2.75) is 11.3 Å². The average Bonchev–Trinajstić information content (AvgIpc) is 2.27. The molecule has 1 rings (SSSR count). The first kappa shape index (κ1) is 11.7. The summed E-state index contributed by atoms with van der Waals surface area (Å²) in [6, 6.07) is 7.86. The highest BCUT2D eigenvalue weighted by Gasteiger charge is 2.15. The summed E-state index contributed by atoms with van der Waals surface area (Å²) < 4.78 is 23.2. The van der Waals surface area contributed by atoms with Crippen molar-refractivity contribution in [2.75, 3.05) is 5.75 Å². The van der Waals surface area contributed by atoms with Crippen LogP contribution in [0, 0.1) is 0 Å². The van der Waals surface area contributed by atoms with Gasteiger partial charge in [-0.2, -0.15) is 0 Å². The van der Waals surface area contributed by atoms with Crippen LogP contribution in [0.3, 0.4) is 0 Å². The van der Waals surface area contributed by atoms with Crippen molar-refractivity contribution >= 4 is 15.7 Å². The third-order valence-corrected chi connectivity index (χ3v) is 3.56. The number of carbonyl (C=O) groups is 1. The van der Waals surface area contributed by atoms with E-state index >= 15 is 0 Å². The van der Waals surface area contributed by atoms with Crippen LogP contribution in [0.4, 0.5) is 0 Å². The summed E-state index contributed by atoms with van der Waals surface area (Å²) in [6.07, 6.45) is -0.256. The van der Waals surface area contributed by atoms with Gasteiger partial charge in [0.2, 0.25) is 5.91 Å². The summed E-state index contributed by atoms with van der Waals surface area (Å²) >= 11 is 0. The van der Waals surface area contributed by atoms with E-state index in [0.717, 1.165) is 0 Å². The molecule has 0 saturated carbocycles. The van der Waals surface area contributed by atoms with Crippen molar-refractivity contribution < 1.29 is 18.4 Å². The number of hydrogen-bond donors (Lipinski definition) is 2. The second kappa shape index (κ2) is 4.90. The van der Waals surface area contributed by atoms with E-state index in [9.17, 15) is 13.2 Å². The third kappa shape index (κ3) is 3.34. The van der Waals surface area contributed by atoms with Crippen molar-refractivity contribution in [1.82, 2.24) is 5.48 Å². The van der Waals surface area contributed by atoms with Gasteiger partial charge in [-0.3, -0.25) is 10.0 Å². The lowest BCUT2D eigenvalue weighted by Gasteiger charge is -2.02. The lowest BCUT2D eigenvalue weighted by Crippen LogP contribution is -2.22. The first-order valence-corrected chi connectivity index (χ1v) is 5.92. The number of benzene rings is 1. The molecule has 82 valence electrons. The Hall–Kier alpha value is -1.40. The molecule has 0 aromatic heterocycles. The standard InChI is InChI=1S/C9H11NO4S/c11-9(10-12)6-7-15(13,14)8-4-2-1-3-5-8/h1-5,12H,6-7H2,(H,10,11). The van der Waals surface area contributed by atoms with E-state index in [1.165, 1.54) is 17.6 Å².